The summed E-state index contributed by atoms with van der Waals surface area (Å²) in [6, 6.07) is 8.20. The minimum Gasteiger partial charge on any atom is -0.477 e. The third-order valence-corrected chi connectivity index (χ3v) is 7.46. The van der Waals surface area contributed by atoms with Gasteiger partial charge in [-0.05, 0) is 56.1 Å². The molecule has 3 aromatic heterocycles. The zero-order valence-electron chi connectivity index (χ0n) is 22.3. The number of alkyl halides is 6. The highest BCUT2D eigenvalue weighted by atomic mass is 32.2. The van der Waals surface area contributed by atoms with Crippen LogP contribution in [0.5, 0.6) is 11.8 Å². The van der Waals surface area contributed by atoms with E-state index in [1.807, 2.05) is 0 Å². The lowest BCUT2D eigenvalue weighted by Gasteiger charge is -2.32. The van der Waals surface area contributed by atoms with Crippen LogP contribution >= 0.6 is 0 Å². The first kappa shape index (κ1) is 32.2. The molecular weight excluding hydrogens is 611 g/mol. The van der Waals surface area contributed by atoms with E-state index in [-0.39, 0.29) is 55.2 Å². The molecule has 4 rings (SSSR count). The van der Waals surface area contributed by atoms with E-state index in [2.05, 4.69) is 15.0 Å². The van der Waals surface area contributed by atoms with Crippen molar-refractivity contribution in [2.45, 2.75) is 31.8 Å². The number of aromatic nitrogens is 3. The van der Waals surface area contributed by atoms with E-state index in [0.29, 0.717) is 18.5 Å². The molecule has 0 spiro atoms. The second-order valence-electron chi connectivity index (χ2n) is 9.79. The van der Waals surface area contributed by atoms with Crippen LogP contribution in [0.1, 0.15) is 18.5 Å². The summed E-state index contributed by atoms with van der Waals surface area (Å²) in [5.41, 5.74) is -0.507. The molecule has 0 radical (unpaired) electrons. The molecule has 9 nitrogen and oxygen atoms in total. The maximum atomic E-state index is 14.8. The minimum absolute atomic E-state index is 0.0243. The summed E-state index contributed by atoms with van der Waals surface area (Å²) in [6.07, 6.45) is -5.84. The lowest BCUT2D eigenvalue weighted by molar-refractivity contribution is -0.148. The number of nitrogens with zero attached hydrogens (tertiary/aromatic N) is 4. The van der Waals surface area contributed by atoms with E-state index in [0.717, 1.165) is 18.3 Å². The Morgan fingerprint density at radius 3 is 2.37 bits per heavy atom. The number of pyridine rings is 3. The third kappa shape index (κ3) is 10.2. The van der Waals surface area contributed by atoms with Gasteiger partial charge < -0.3 is 9.47 Å². The van der Waals surface area contributed by atoms with Crippen LogP contribution in [-0.2, 0) is 16.6 Å². The SMILES string of the molecule is O=S(=O)(CC(F)(F)F)Nc1cc(-c2nc(OCC3CCN(CC(F)(F)F)CC3)ccc2F)cnc1OCc1ccccn1. The van der Waals surface area contributed by atoms with E-state index in [1.54, 1.807) is 22.9 Å². The zero-order chi connectivity index (χ0) is 31.3. The molecule has 1 N–H and O–H groups in total. The molecule has 0 saturated carbocycles. The number of hydrogen-bond acceptors (Lipinski definition) is 8. The normalized spacial score (nSPS) is 15.3. The Morgan fingerprint density at radius 1 is 0.977 bits per heavy atom. The predicted molar refractivity (Wildman–Crippen MR) is 140 cm³/mol. The number of hydrogen-bond donors (Lipinski definition) is 1. The van der Waals surface area contributed by atoms with Crippen molar-refractivity contribution in [2.75, 3.05) is 36.7 Å². The van der Waals surface area contributed by atoms with Crippen molar-refractivity contribution in [3.8, 4) is 23.0 Å². The highest BCUT2D eigenvalue weighted by Gasteiger charge is 2.36. The Kier molecular flexibility index (Phi) is 9.94. The number of nitrogens with one attached hydrogen (secondary N) is 1. The van der Waals surface area contributed by atoms with E-state index in [1.165, 1.54) is 17.2 Å². The molecule has 0 unspecified atom stereocenters. The van der Waals surface area contributed by atoms with Gasteiger partial charge in [-0.3, -0.25) is 14.6 Å². The number of halogens is 7. The third-order valence-electron chi connectivity index (χ3n) is 6.22. The second kappa shape index (κ2) is 13.3. The van der Waals surface area contributed by atoms with Gasteiger partial charge in [0.05, 0.1) is 18.8 Å². The Bertz CT molecular complexity index is 1480. The molecule has 4 heterocycles. The molecule has 17 heteroatoms. The first-order valence-corrected chi connectivity index (χ1v) is 14.5. The fraction of sp³-hybridized carbons (Fsp3) is 0.423. The van der Waals surface area contributed by atoms with Crippen LogP contribution < -0.4 is 14.2 Å². The van der Waals surface area contributed by atoms with Crippen LogP contribution in [0.25, 0.3) is 11.3 Å². The molecule has 3 aromatic rings. The topological polar surface area (TPSA) is 107 Å². The quantitative estimate of drug-likeness (QED) is 0.286. The number of likely N-dealkylation sites (tertiary alicyclic amines) is 1. The van der Waals surface area contributed by atoms with Crippen LogP contribution in [0, 0.1) is 11.7 Å². The van der Waals surface area contributed by atoms with Gasteiger partial charge in [-0.25, -0.2) is 22.8 Å². The summed E-state index contributed by atoms with van der Waals surface area (Å²) in [5.74, 6) is -3.52. The van der Waals surface area contributed by atoms with Gasteiger partial charge in [-0.2, -0.15) is 26.3 Å². The molecule has 0 amide bonds. The molecule has 0 aromatic carbocycles. The second-order valence-corrected chi connectivity index (χ2v) is 11.5. The van der Waals surface area contributed by atoms with Crippen LogP contribution in [0.4, 0.5) is 36.4 Å². The van der Waals surface area contributed by atoms with Gasteiger partial charge in [-0.1, -0.05) is 6.07 Å². The Balaban J connectivity index is 1.51. The molecule has 234 valence electrons. The number of ether oxygens (including phenoxy) is 2. The Labute approximate surface area is 242 Å². The minimum atomic E-state index is -5.04. The van der Waals surface area contributed by atoms with Crippen molar-refractivity contribution in [3.05, 3.63) is 60.3 Å². The summed E-state index contributed by atoms with van der Waals surface area (Å²) in [7, 11) is -4.97. The van der Waals surface area contributed by atoms with Crippen LogP contribution in [0.3, 0.4) is 0 Å². The summed E-state index contributed by atoms with van der Waals surface area (Å²) in [4.78, 5) is 13.4. The van der Waals surface area contributed by atoms with E-state index >= 15 is 0 Å². The van der Waals surface area contributed by atoms with Gasteiger partial charge in [0.1, 0.15) is 23.8 Å². The van der Waals surface area contributed by atoms with Crippen molar-refractivity contribution in [2.24, 2.45) is 5.92 Å². The lowest BCUT2D eigenvalue weighted by atomic mass is 9.98. The molecule has 43 heavy (non-hydrogen) atoms. The average Bonchev–Trinajstić information content (AvgIpc) is 2.91. The van der Waals surface area contributed by atoms with E-state index in [4.69, 9.17) is 9.47 Å². The molecule has 1 aliphatic rings. The molecular formula is C26H26F7N5O4S. The largest absolute Gasteiger partial charge is 0.477 e. The average molecular weight is 638 g/mol. The summed E-state index contributed by atoms with van der Waals surface area (Å²) in [6.45, 7) is -0.601. The fourth-order valence-corrected chi connectivity index (χ4v) is 5.27. The van der Waals surface area contributed by atoms with Crippen LogP contribution in [0.15, 0.2) is 48.8 Å². The van der Waals surface area contributed by atoms with Gasteiger partial charge in [-0.15, -0.1) is 0 Å². The number of sulfonamides is 1. The fourth-order valence-electron chi connectivity index (χ4n) is 4.29. The smallest absolute Gasteiger partial charge is 0.404 e. The maximum Gasteiger partial charge on any atom is 0.404 e. The van der Waals surface area contributed by atoms with Gasteiger partial charge in [0.25, 0.3) is 0 Å². The van der Waals surface area contributed by atoms with Crippen molar-refractivity contribution < 1.29 is 48.6 Å². The van der Waals surface area contributed by atoms with E-state index < -0.39 is 46.2 Å². The molecule has 1 saturated heterocycles. The lowest BCUT2D eigenvalue weighted by Crippen LogP contribution is -2.41. The highest BCUT2D eigenvalue weighted by Crippen LogP contribution is 2.32. The first-order valence-electron chi connectivity index (χ1n) is 12.8. The van der Waals surface area contributed by atoms with Crippen molar-refractivity contribution >= 4 is 15.7 Å². The summed E-state index contributed by atoms with van der Waals surface area (Å²) in [5, 5.41) is 0. The van der Waals surface area contributed by atoms with Crippen molar-refractivity contribution in [1.82, 2.24) is 19.9 Å². The van der Waals surface area contributed by atoms with Crippen LogP contribution in [-0.4, -0.2) is 72.6 Å². The predicted octanol–water partition coefficient (Wildman–Crippen LogP) is 5.21. The zero-order valence-corrected chi connectivity index (χ0v) is 23.1. The molecule has 0 bridgehead atoms. The summed E-state index contributed by atoms with van der Waals surface area (Å²) >= 11 is 0. The van der Waals surface area contributed by atoms with Crippen molar-refractivity contribution in [1.29, 1.82) is 0 Å². The molecule has 1 aliphatic heterocycles. The van der Waals surface area contributed by atoms with Gasteiger partial charge >= 0.3 is 12.4 Å². The van der Waals surface area contributed by atoms with Gasteiger partial charge in [0, 0.05) is 24.0 Å². The molecule has 0 aliphatic carbocycles. The number of rotatable bonds is 11. The Morgan fingerprint density at radius 2 is 1.72 bits per heavy atom. The van der Waals surface area contributed by atoms with E-state index in [9.17, 15) is 39.2 Å². The Hall–Kier alpha value is -3.73. The summed E-state index contributed by atoms with van der Waals surface area (Å²) < 4.78 is 129. The number of anilines is 1. The van der Waals surface area contributed by atoms with Gasteiger partial charge in [0.15, 0.2) is 5.75 Å². The first-order chi connectivity index (χ1) is 20.2. The molecule has 0 atom stereocenters. The van der Waals surface area contributed by atoms with Crippen molar-refractivity contribution in [3.63, 3.8) is 0 Å². The monoisotopic (exact) mass is 637 g/mol. The molecule has 1 fully saturated rings. The van der Waals surface area contributed by atoms with Gasteiger partial charge in [0.2, 0.25) is 21.8 Å². The standard InChI is InChI=1S/C26H26F7N5O4S/c27-20-4-5-22(41-13-17-6-9-38(10-7-17)15-25(28,29)30)36-23(20)18-11-21(37-43(39,40)16-26(31,32)33)24(35-12-18)42-14-19-3-1-2-8-34-19/h1-5,8,11-12,17,37H,6-7,9-10,13-16H2. The number of piperidine rings is 1. The highest BCUT2D eigenvalue weighted by molar-refractivity contribution is 7.92. The maximum absolute atomic E-state index is 14.8. The van der Waals surface area contributed by atoms with Crippen LogP contribution in [0.2, 0.25) is 0 Å².